The molecule has 0 spiro atoms. The Hall–Kier alpha value is -3.42. The number of nitrogens with zero attached hydrogens (tertiary/aromatic N) is 2. The molecule has 5 nitrogen and oxygen atoms in total. The summed E-state index contributed by atoms with van der Waals surface area (Å²) < 4.78 is 37.9. The third-order valence-corrected chi connectivity index (χ3v) is 3.98. The van der Waals surface area contributed by atoms with Gasteiger partial charge in [0.1, 0.15) is 5.69 Å². The van der Waals surface area contributed by atoms with Crippen LogP contribution in [0.5, 0.6) is 0 Å². The number of nitrogens with one attached hydrogen (secondary N) is 2. The largest absolute Gasteiger partial charge is 0.416 e. The number of alkyl halides is 3. The lowest BCUT2D eigenvalue weighted by molar-refractivity contribution is -0.137. The molecule has 0 aliphatic rings. The molecule has 3 aromatic rings. The van der Waals surface area contributed by atoms with E-state index >= 15 is 0 Å². The number of aryl methyl sites for hydroxylation is 1. The highest BCUT2D eigenvalue weighted by molar-refractivity contribution is 6.03. The summed E-state index contributed by atoms with van der Waals surface area (Å²) in [5.74, 6) is -0.309. The Morgan fingerprint density at radius 3 is 2.21 bits per heavy atom. The number of halogens is 3. The van der Waals surface area contributed by atoms with E-state index in [2.05, 4.69) is 20.6 Å². The molecular weight excluding hydrogens is 369 g/mol. The second-order valence-corrected chi connectivity index (χ2v) is 5.97. The highest BCUT2D eigenvalue weighted by Gasteiger charge is 2.29. The van der Waals surface area contributed by atoms with Gasteiger partial charge in [0.2, 0.25) is 5.95 Å². The number of anilines is 3. The van der Waals surface area contributed by atoms with Gasteiger partial charge in [-0.1, -0.05) is 19.1 Å². The van der Waals surface area contributed by atoms with E-state index in [1.807, 2.05) is 19.1 Å². The van der Waals surface area contributed by atoms with Crippen LogP contribution in [-0.4, -0.2) is 15.9 Å². The molecule has 28 heavy (non-hydrogen) atoms. The number of hydrogen-bond acceptors (Lipinski definition) is 4. The molecular formula is C20H17F3N4O. The highest BCUT2D eigenvalue weighted by Crippen LogP contribution is 2.30. The van der Waals surface area contributed by atoms with E-state index in [0.29, 0.717) is 11.4 Å². The van der Waals surface area contributed by atoms with Crippen LogP contribution < -0.4 is 10.6 Å². The lowest BCUT2D eigenvalue weighted by Crippen LogP contribution is -2.14. The van der Waals surface area contributed by atoms with E-state index in [-0.39, 0.29) is 11.6 Å². The van der Waals surface area contributed by atoms with E-state index < -0.39 is 17.6 Å². The molecule has 0 atom stereocenters. The van der Waals surface area contributed by atoms with Gasteiger partial charge < -0.3 is 10.6 Å². The lowest BCUT2D eigenvalue weighted by atomic mass is 10.1. The molecule has 1 heterocycles. The van der Waals surface area contributed by atoms with Crippen LogP contribution in [-0.2, 0) is 12.6 Å². The maximum absolute atomic E-state index is 12.6. The fourth-order valence-electron chi connectivity index (χ4n) is 2.44. The van der Waals surface area contributed by atoms with Gasteiger partial charge in [0.05, 0.1) is 5.56 Å². The zero-order chi connectivity index (χ0) is 20.1. The van der Waals surface area contributed by atoms with Gasteiger partial charge in [-0.3, -0.25) is 4.79 Å². The first-order valence-electron chi connectivity index (χ1n) is 8.53. The molecule has 3 rings (SSSR count). The number of rotatable bonds is 5. The SMILES string of the molecule is CCc1ccc(NC(=O)c2ccnc(Nc3ccc(C(F)(F)F)cc3)n2)cc1. The molecule has 0 aliphatic carbocycles. The second-order valence-electron chi connectivity index (χ2n) is 5.97. The molecule has 2 N–H and O–H groups in total. The lowest BCUT2D eigenvalue weighted by Gasteiger charge is -2.09. The molecule has 0 unspecified atom stereocenters. The van der Waals surface area contributed by atoms with Crippen molar-refractivity contribution >= 4 is 23.2 Å². The van der Waals surface area contributed by atoms with E-state index in [9.17, 15) is 18.0 Å². The summed E-state index contributed by atoms with van der Waals surface area (Å²) in [7, 11) is 0. The molecule has 0 fully saturated rings. The average Bonchev–Trinajstić information content (AvgIpc) is 2.68. The van der Waals surface area contributed by atoms with Crippen LogP contribution in [0.2, 0.25) is 0 Å². The number of benzene rings is 2. The van der Waals surface area contributed by atoms with E-state index in [0.717, 1.165) is 24.1 Å². The monoisotopic (exact) mass is 386 g/mol. The minimum atomic E-state index is -4.40. The number of hydrogen-bond donors (Lipinski definition) is 2. The topological polar surface area (TPSA) is 66.9 Å². The van der Waals surface area contributed by atoms with Gasteiger partial charge in [0.25, 0.3) is 5.91 Å². The zero-order valence-corrected chi connectivity index (χ0v) is 14.9. The molecule has 1 aromatic heterocycles. The quantitative estimate of drug-likeness (QED) is 0.644. The maximum atomic E-state index is 12.6. The Kier molecular flexibility index (Phi) is 5.58. The minimum Gasteiger partial charge on any atom is -0.324 e. The highest BCUT2D eigenvalue weighted by atomic mass is 19.4. The molecule has 2 aromatic carbocycles. The Morgan fingerprint density at radius 1 is 0.964 bits per heavy atom. The smallest absolute Gasteiger partial charge is 0.324 e. The van der Waals surface area contributed by atoms with Crippen molar-refractivity contribution in [2.75, 3.05) is 10.6 Å². The fourth-order valence-corrected chi connectivity index (χ4v) is 2.44. The normalized spacial score (nSPS) is 11.1. The van der Waals surface area contributed by atoms with Crippen LogP contribution in [0.3, 0.4) is 0 Å². The van der Waals surface area contributed by atoms with Gasteiger partial charge >= 0.3 is 6.18 Å². The number of amides is 1. The standard InChI is InChI=1S/C20H17F3N4O/c1-2-13-3-7-15(8-4-13)25-18(28)17-11-12-24-19(27-17)26-16-9-5-14(6-10-16)20(21,22)23/h3-12H,2H2,1H3,(H,25,28)(H,24,26,27). The van der Waals surface area contributed by atoms with Gasteiger partial charge in [0, 0.05) is 17.6 Å². The first-order chi connectivity index (χ1) is 13.3. The van der Waals surface area contributed by atoms with Gasteiger partial charge in [-0.2, -0.15) is 13.2 Å². The van der Waals surface area contributed by atoms with E-state index in [1.54, 1.807) is 12.1 Å². The summed E-state index contributed by atoms with van der Waals surface area (Å²) in [5.41, 5.74) is 1.55. The van der Waals surface area contributed by atoms with Crippen molar-refractivity contribution in [3.63, 3.8) is 0 Å². The van der Waals surface area contributed by atoms with Crippen LogP contribution in [0.4, 0.5) is 30.5 Å². The van der Waals surface area contributed by atoms with Crippen molar-refractivity contribution in [2.24, 2.45) is 0 Å². The van der Waals surface area contributed by atoms with Gasteiger partial charge in [-0.15, -0.1) is 0 Å². The molecule has 144 valence electrons. The first kappa shape index (κ1) is 19.3. The maximum Gasteiger partial charge on any atom is 0.416 e. The van der Waals surface area contributed by atoms with Crippen LogP contribution in [0.1, 0.15) is 28.5 Å². The summed E-state index contributed by atoms with van der Waals surface area (Å²) in [6.07, 6.45) is -2.10. The Morgan fingerprint density at radius 2 is 1.61 bits per heavy atom. The summed E-state index contributed by atoms with van der Waals surface area (Å²) in [5, 5.41) is 5.53. The fraction of sp³-hybridized carbons (Fsp3) is 0.150. The van der Waals surface area contributed by atoms with Crippen molar-refractivity contribution < 1.29 is 18.0 Å². The van der Waals surface area contributed by atoms with Crippen molar-refractivity contribution in [3.05, 3.63) is 77.6 Å². The average molecular weight is 386 g/mol. The summed E-state index contributed by atoms with van der Waals surface area (Å²) in [6.45, 7) is 2.04. The zero-order valence-electron chi connectivity index (χ0n) is 14.9. The molecule has 8 heteroatoms. The Balaban J connectivity index is 1.70. The minimum absolute atomic E-state index is 0.105. The van der Waals surface area contributed by atoms with Crippen molar-refractivity contribution in [1.29, 1.82) is 0 Å². The van der Waals surface area contributed by atoms with Crippen LogP contribution in [0, 0.1) is 0 Å². The molecule has 0 aliphatic heterocycles. The van der Waals surface area contributed by atoms with Crippen LogP contribution >= 0.6 is 0 Å². The summed E-state index contributed by atoms with van der Waals surface area (Å²) >= 11 is 0. The summed E-state index contributed by atoms with van der Waals surface area (Å²) in [6, 6.07) is 13.4. The number of aromatic nitrogens is 2. The molecule has 1 amide bonds. The Labute approximate surface area is 159 Å². The third-order valence-electron chi connectivity index (χ3n) is 3.98. The van der Waals surface area contributed by atoms with Gasteiger partial charge in [-0.05, 0) is 54.4 Å². The predicted octanol–water partition coefficient (Wildman–Crippen LogP) is 5.05. The van der Waals surface area contributed by atoms with Crippen LogP contribution in [0.25, 0.3) is 0 Å². The van der Waals surface area contributed by atoms with E-state index in [1.165, 1.54) is 24.4 Å². The van der Waals surface area contributed by atoms with Gasteiger partial charge in [-0.25, -0.2) is 9.97 Å². The van der Waals surface area contributed by atoms with Crippen molar-refractivity contribution in [1.82, 2.24) is 9.97 Å². The van der Waals surface area contributed by atoms with Crippen molar-refractivity contribution in [3.8, 4) is 0 Å². The predicted molar refractivity (Wildman–Crippen MR) is 101 cm³/mol. The number of carbonyl (C=O) groups is 1. The number of carbonyl (C=O) groups excluding carboxylic acids is 1. The second kappa shape index (κ2) is 8.08. The van der Waals surface area contributed by atoms with Crippen LogP contribution in [0.15, 0.2) is 60.8 Å². The first-order valence-corrected chi connectivity index (χ1v) is 8.53. The molecule has 0 saturated heterocycles. The van der Waals surface area contributed by atoms with Crippen molar-refractivity contribution in [2.45, 2.75) is 19.5 Å². The molecule has 0 bridgehead atoms. The third kappa shape index (κ3) is 4.85. The Bertz CT molecular complexity index is 954. The van der Waals surface area contributed by atoms with E-state index in [4.69, 9.17) is 0 Å². The van der Waals surface area contributed by atoms with Gasteiger partial charge in [0.15, 0.2) is 0 Å². The summed E-state index contributed by atoms with van der Waals surface area (Å²) in [4.78, 5) is 20.5. The molecule has 0 saturated carbocycles. The molecule has 0 radical (unpaired) electrons.